The molecule has 0 fully saturated rings. The van der Waals surface area contributed by atoms with Crippen LogP contribution in [0, 0.1) is 34.3 Å². The van der Waals surface area contributed by atoms with Crippen molar-refractivity contribution in [3.05, 3.63) is 63.5 Å². The minimum Gasteiger partial charge on any atom is -0.398 e. The minimum atomic E-state index is -0.531. The van der Waals surface area contributed by atoms with E-state index in [1.54, 1.807) is 24.5 Å². The lowest BCUT2D eigenvalue weighted by Crippen LogP contribution is -1.98. The van der Waals surface area contributed by atoms with Crippen LogP contribution in [0.2, 0.25) is 0 Å². The zero-order valence-corrected chi connectivity index (χ0v) is 10.3. The molecule has 1 heterocycles. The molecule has 0 bridgehead atoms. The minimum absolute atomic E-state index is 0.159. The highest BCUT2D eigenvalue weighted by molar-refractivity contribution is 5.67. The molecule has 5 nitrogen and oxygen atoms in total. The summed E-state index contributed by atoms with van der Waals surface area (Å²) in [5, 5.41) is 11.0. The van der Waals surface area contributed by atoms with Gasteiger partial charge >= 0.3 is 0 Å². The second kappa shape index (κ2) is 5.55. The quantitative estimate of drug-likeness (QED) is 0.369. The largest absolute Gasteiger partial charge is 0.398 e. The molecule has 0 unspecified atom stereocenters. The van der Waals surface area contributed by atoms with Crippen LogP contribution in [0.25, 0.3) is 0 Å². The van der Waals surface area contributed by atoms with Crippen molar-refractivity contribution >= 4 is 11.4 Å². The number of rotatable bonds is 1. The second-order valence-corrected chi connectivity index (χ2v) is 3.84. The molecule has 2 N–H and O–H groups in total. The van der Waals surface area contributed by atoms with Crippen molar-refractivity contribution < 1.29 is 4.92 Å². The summed E-state index contributed by atoms with van der Waals surface area (Å²) >= 11 is 0. The molecule has 0 aliphatic rings. The van der Waals surface area contributed by atoms with E-state index in [-0.39, 0.29) is 22.5 Å². The van der Waals surface area contributed by atoms with Gasteiger partial charge in [-0.3, -0.25) is 15.1 Å². The van der Waals surface area contributed by atoms with Gasteiger partial charge in [-0.25, -0.2) is 0 Å². The number of nitrogens with two attached hydrogens (primary N) is 1. The van der Waals surface area contributed by atoms with Crippen molar-refractivity contribution in [3.63, 3.8) is 0 Å². The van der Waals surface area contributed by atoms with Gasteiger partial charge in [0.2, 0.25) is 0 Å². The number of anilines is 1. The van der Waals surface area contributed by atoms with Gasteiger partial charge in [-0.1, -0.05) is 17.8 Å². The summed E-state index contributed by atoms with van der Waals surface area (Å²) < 4.78 is 0. The number of aromatic nitrogens is 1. The van der Waals surface area contributed by atoms with Crippen LogP contribution in [0.15, 0.2) is 36.7 Å². The van der Waals surface area contributed by atoms with Gasteiger partial charge in [0, 0.05) is 29.7 Å². The van der Waals surface area contributed by atoms with Crippen LogP contribution in [0.4, 0.5) is 11.4 Å². The number of nitro benzene ring substituents is 1. The van der Waals surface area contributed by atoms with Crippen LogP contribution in [0.1, 0.15) is 16.7 Å². The Hall–Kier alpha value is -3.31. The number of nitrogens with zero attached hydrogens (tertiary/aromatic N) is 2. The van der Waals surface area contributed by atoms with Crippen LogP contribution < -0.4 is 5.73 Å². The fourth-order valence-corrected chi connectivity index (χ4v) is 1.56. The molecule has 0 spiro atoms. The first kappa shape index (κ1) is 13.1. The van der Waals surface area contributed by atoms with Crippen LogP contribution in [-0.2, 0) is 0 Å². The third-order valence-electron chi connectivity index (χ3n) is 2.54. The van der Waals surface area contributed by atoms with E-state index in [1.165, 1.54) is 12.1 Å². The molecule has 2 aromatic rings. The highest BCUT2D eigenvalue weighted by Gasteiger charge is 2.15. The van der Waals surface area contributed by atoms with Crippen molar-refractivity contribution in [2.45, 2.75) is 0 Å². The normalized spacial score (nSPS) is 9.15. The molecule has 0 aliphatic carbocycles. The second-order valence-electron chi connectivity index (χ2n) is 3.84. The van der Waals surface area contributed by atoms with E-state index in [0.29, 0.717) is 5.56 Å². The third kappa shape index (κ3) is 2.74. The number of hydrogen-bond donors (Lipinski definition) is 1. The molecule has 1 aromatic carbocycles. The number of terminal acetylenes is 1. The zero-order chi connectivity index (χ0) is 14.5. The van der Waals surface area contributed by atoms with Gasteiger partial charge in [-0.15, -0.1) is 6.42 Å². The Morgan fingerprint density at radius 2 is 1.90 bits per heavy atom. The number of nitro groups is 1. The molecule has 20 heavy (non-hydrogen) atoms. The maximum Gasteiger partial charge on any atom is 0.286 e. The molecule has 5 heteroatoms. The molecule has 0 radical (unpaired) electrons. The monoisotopic (exact) mass is 263 g/mol. The summed E-state index contributed by atoms with van der Waals surface area (Å²) in [6.07, 6.45) is 8.42. The fraction of sp³-hybridized carbons (Fsp3) is 0. The topological polar surface area (TPSA) is 82.0 Å². The predicted molar refractivity (Wildman–Crippen MR) is 75.7 cm³/mol. The summed E-state index contributed by atoms with van der Waals surface area (Å²) in [7, 11) is 0. The van der Waals surface area contributed by atoms with Crippen molar-refractivity contribution in [3.8, 4) is 24.2 Å². The molecule has 0 saturated heterocycles. The number of nitrogen functional groups attached to an aromatic ring is 1. The van der Waals surface area contributed by atoms with E-state index in [9.17, 15) is 10.1 Å². The number of pyridine rings is 1. The van der Waals surface area contributed by atoms with Crippen molar-refractivity contribution in [2.24, 2.45) is 0 Å². The Bertz CT molecular complexity index is 765. The van der Waals surface area contributed by atoms with E-state index in [4.69, 9.17) is 12.2 Å². The molecule has 0 atom stereocenters. The van der Waals surface area contributed by atoms with E-state index in [0.717, 1.165) is 0 Å². The van der Waals surface area contributed by atoms with Gasteiger partial charge in [0.15, 0.2) is 0 Å². The number of benzene rings is 1. The van der Waals surface area contributed by atoms with Crippen molar-refractivity contribution in [2.75, 3.05) is 5.73 Å². The summed E-state index contributed by atoms with van der Waals surface area (Å²) in [6.45, 7) is 0. The van der Waals surface area contributed by atoms with Crippen molar-refractivity contribution in [1.29, 1.82) is 0 Å². The van der Waals surface area contributed by atoms with Gasteiger partial charge < -0.3 is 5.73 Å². The Balaban J connectivity index is 2.52. The Labute approximate surface area is 115 Å². The average Bonchev–Trinajstić information content (AvgIpc) is 2.46. The lowest BCUT2D eigenvalue weighted by molar-refractivity contribution is -0.385. The highest BCUT2D eigenvalue weighted by Crippen LogP contribution is 2.24. The van der Waals surface area contributed by atoms with Crippen LogP contribution in [0.5, 0.6) is 0 Å². The molecule has 0 aliphatic heterocycles. The third-order valence-corrected chi connectivity index (χ3v) is 2.54. The first-order chi connectivity index (χ1) is 9.61. The Kier molecular flexibility index (Phi) is 3.65. The van der Waals surface area contributed by atoms with Gasteiger partial charge in [0.1, 0.15) is 5.56 Å². The van der Waals surface area contributed by atoms with Gasteiger partial charge in [-0.05, 0) is 18.2 Å². The predicted octanol–water partition coefficient (Wildman–Crippen LogP) is 1.95. The van der Waals surface area contributed by atoms with E-state index >= 15 is 0 Å². The van der Waals surface area contributed by atoms with Crippen LogP contribution >= 0.6 is 0 Å². The lowest BCUT2D eigenvalue weighted by atomic mass is 10.1. The standard InChI is InChI=1S/C15H9N3O2/c1-2-12-10-15(18(19)20)13(9-14(12)16)4-3-11-5-7-17-8-6-11/h1,5-10H,16H2. The van der Waals surface area contributed by atoms with E-state index in [2.05, 4.69) is 22.7 Å². The average molecular weight is 263 g/mol. The Morgan fingerprint density at radius 1 is 1.20 bits per heavy atom. The summed E-state index contributed by atoms with van der Waals surface area (Å²) in [4.78, 5) is 14.4. The SMILES string of the molecule is C#Cc1cc([N+](=O)[O-])c(C#Cc2ccncc2)cc1N. The summed E-state index contributed by atoms with van der Waals surface area (Å²) in [5.74, 6) is 7.86. The van der Waals surface area contributed by atoms with Gasteiger partial charge in [0.05, 0.1) is 10.5 Å². The van der Waals surface area contributed by atoms with E-state index < -0.39 is 4.92 Å². The van der Waals surface area contributed by atoms with Gasteiger partial charge in [-0.2, -0.15) is 0 Å². The fourth-order valence-electron chi connectivity index (χ4n) is 1.56. The Morgan fingerprint density at radius 3 is 2.50 bits per heavy atom. The zero-order valence-electron chi connectivity index (χ0n) is 10.3. The summed E-state index contributed by atoms with van der Waals surface area (Å²) in [5.41, 5.74) is 7.07. The highest BCUT2D eigenvalue weighted by atomic mass is 16.6. The summed E-state index contributed by atoms with van der Waals surface area (Å²) in [6, 6.07) is 6.09. The molecule has 96 valence electrons. The molecular formula is C15H9N3O2. The molecule has 0 amide bonds. The van der Waals surface area contributed by atoms with Crippen molar-refractivity contribution in [1.82, 2.24) is 4.98 Å². The maximum atomic E-state index is 11.0. The maximum absolute atomic E-state index is 11.0. The first-order valence-electron chi connectivity index (χ1n) is 5.58. The van der Waals surface area contributed by atoms with Crippen LogP contribution in [-0.4, -0.2) is 9.91 Å². The smallest absolute Gasteiger partial charge is 0.286 e. The number of hydrogen-bond acceptors (Lipinski definition) is 4. The molecule has 2 rings (SSSR count). The molecule has 0 saturated carbocycles. The first-order valence-corrected chi connectivity index (χ1v) is 5.58. The van der Waals surface area contributed by atoms with E-state index in [1.807, 2.05) is 0 Å². The molecular weight excluding hydrogens is 254 g/mol. The lowest BCUT2D eigenvalue weighted by Gasteiger charge is -2.01. The van der Waals surface area contributed by atoms with Gasteiger partial charge in [0.25, 0.3) is 5.69 Å². The van der Waals surface area contributed by atoms with Crippen LogP contribution in [0.3, 0.4) is 0 Å². The molecule has 1 aromatic heterocycles.